The van der Waals surface area contributed by atoms with Crippen molar-refractivity contribution in [3.8, 4) is 0 Å². The van der Waals surface area contributed by atoms with Crippen LogP contribution >= 0.6 is 0 Å². The van der Waals surface area contributed by atoms with Crippen LogP contribution in [-0.2, 0) is 19.6 Å². The topological polar surface area (TPSA) is 104 Å². The molecular formula is C11H20N2O5S. The van der Waals surface area contributed by atoms with E-state index in [2.05, 4.69) is 5.32 Å². The summed E-state index contributed by atoms with van der Waals surface area (Å²) in [5.74, 6) is -2.05. The Balaban J connectivity index is 2.36. The maximum absolute atomic E-state index is 11.8. The van der Waals surface area contributed by atoms with E-state index in [9.17, 15) is 18.0 Å². The first-order valence-electron chi connectivity index (χ1n) is 6.14. The highest BCUT2D eigenvalue weighted by molar-refractivity contribution is 7.89. The lowest BCUT2D eigenvalue weighted by atomic mass is 10.0. The Bertz CT molecular complexity index is 446. The molecule has 0 aliphatic heterocycles. The molecule has 7 nitrogen and oxygen atoms in total. The molecule has 0 aromatic carbocycles. The zero-order valence-corrected chi connectivity index (χ0v) is 11.9. The van der Waals surface area contributed by atoms with Gasteiger partial charge in [0, 0.05) is 26.6 Å². The van der Waals surface area contributed by atoms with Gasteiger partial charge in [0.25, 0.3) is 0 Å². The Morgan fingerprint density at radius 3 is 2.32 bits per heavy atom. The maximum atomic E-state index is 11.8. The number of carbonyl (C=O) groups is 2. The minimum atomic E-state index is -3.32. The molecule has 0 heterocycles. The number of hydrogen-bond acceptors (Lipinski definition) is 4. The summed E-state index contributed by atoms with van der Waals surface area (Å²) >= 11 is 0. The van der Waals surface area contributed by atoms with E-state index in [1.165, 1.54) is 14.1 Å². The highest BCUT2D eigenvalue weighted by atomic mass is 32.2. The normalized spacial score (nSPS) is 23.5. The smallest absolute Gasteiger partial charge is 0.306 e. The van der Waals surface area contributed by atoms with Gasteiger partial charge in [-0.1, -0.05) is 0 Å². The van der Waals surface area contributed by atoms with E-state index >= 15 is 0 Å². The second-order valence-electron chi connectivity index (χ2n) is 4.93. The maximum Gasteiger partial charge on any atom is 0.306 e. The van der Waals surface area contributed by atoms with Gasteiger partial charge < -0.3 is 10.4 Å². The van der Waals surface area contributed by atoms with Crippen molar-refractivity contribution in [1.82, 2.24) is 9.62 Å². The quantitative estimate of drug-likeness (QED) is 0.686. The van der Waals surface area contributed by atoms with Crippen LogP contribution in [0.15, 0.2) is 0 Å². The van der Waals surface area contributed by atoms with E-state index < -0.39 is 21.9 Å². The molecule has 110 valence electrons. The third-order valence-corrected chi connectivity index (χ3v) is 5.20. The van der Waals surface area contributed by atoms with Crippen molar-refractivity contribution in [2.75, 3.05) is 26.4 Å². The molecule has 0 unspecified atom stereocenters. The number of carboxylic acid groups (broad SMARTS) is 1. The van der Waals surface area contributed by atoms with Crippen LogP contribution in [0.25, 0.3) is 0 Å². The number of amides is 1. The molecular weight excluding hydrogens is 272 g/mol. The third kappa shape index (κ3) is 4.46. The fourth-order valence-corrected chi connectivity index (χ4v) is 2.80. The highest BCUT2D eigenvalue weighted by Crippen LogP contribution is 2.30. The standard InChI is InChI=1S/C11H20N2O5S/c1-13(2)19(17,18)6-5-12-10(14)8-3-4-9(7-8)11(15)16/h8-9H,3-7H2,1-2H3,(H,12,14)(H,15,16)/t8-,9+/m1/s1. The summed E-state index contributed by atoms with van der Waals surface area (Å²) in [7, 11) is -0.445. The van der Waals surface area contributed by atoms with Gasteiger partial charge in [-0.15, -0.1) is 0 Å². The van der Waals surface area contributed by atoms with Gasteiger partial charge in [-0.3, -0.25) is 9.59 Å². The van der Waals surface area contributed by atoms with E-state index in [1.54, 1.807) is 0 Å². The Morgan fingerprint density at radius 1 is 1.26 bits per heavy atom. The van der Waals surface area contributed by atoms with E-state index in [0.717, 1.165) is 4.31 Å². The first kappa shape index (κ1) is 15.9. The number of carboxylic acids is 1. The second-order valence-corrected chi connectivity index (χ2v) is 7.24. The molecule has 1 saturated carbocycles. The lowest BCUT2D eigenvalue weighted by molar-refractivity contribution is -0.141. The van der Waals surface area contributed by atoms with Crippen molar-refractivity contribution in [3.63, 3.8) is 0 Å². The fourth-order valence-electron chi connectivity index (χ4n) is 2.07. The Hall–Kier alpha value is -1.15. The van der Waals surface area contributed by atoms with Crippen LogP contribution in [0.4, 0.5) is 0 Å². The first-order chi connectivity index (χ1) is 8.74. The molecule has 1 fully saturated rings. The average molecular weight is 292 g/mol. The first-order valence-corrected chi connectivity index (χ1v) is 7.75. The zero-order valence-electron chi connectivity index (χ0n) is 11.1. The summed E-state index contributed by atoms with van der Waals surface area (Å²) in [5.41, 5.74) is 0. The highest BCUT2D eigenvalue weighted by Gasteiger charge is 2.33. The van der Waals surface area contributed by atoms with E-state index in [4.69, 9.17) is 5.11 Å². The number of hydrogen-bond donors (Lipinski definition) is 2. The largest absolute Gasteiger partial charge is 0.481 e. The molecule has 0 spiro atoms. The summed E-state index contributed by atoms with van der Waals surface area (Å²) in [6, 6.07) is 0. The van der Waals surface area contributed by atoms with Crippen molar-refractivity contribution in [2.45, 2.75) is 19.3 Å². The van der Waals surface area contributed by atoms with Gasteiger partial charge in [0.05, 0.1) is 11.7 Å². The molecule has 1 amide bonds. The van der Waals surface area contributed by atoms with E-state index in [-0.39, 0.29) is 24.1 Å². The van der Waals surface area contributed by atoms with Crippen LogP contribution in [0.3, 0.4) is 0 Å². The van der Waals surface area contributed by atoms with Gasteiger partial charge in [0.2, 0.25) is 15.9 Å². The number of nitrogens with one attached hydrogen (secondary N) is 1. The SMILES string of the molecule is CN(C)S(=O)(=O)CCNC(=O)[C@@H]1CC[C@H](C(=O)O)C1. The van der Waals surface area contributed by atoms with E-state index in [0.29, 0.717) is 19.3 Å². The molecule has 8 heteroatoms. The summed E-state index contributed by atoms with van der Waals surface area (Å²) in [5, 5.41) is 11.4. The van der Waals surface area contributed by atoms with Gasteiger partial charge in [-0.05, 0) is 19.3 Å². The summed E-state index contributed by atoms with van der Waals surface area (Å²) in [4.78, 5) is 22.5. The minimum absolute atomic E-state index is 0.0492. The molecule has 2 N–H and O–H groups in total. The lowest BCUT2D eigenvalue weighted by Crippen LogP contribution is -2.36. The third-order valence-electron chi connectivity index (χ3n) is 3.37. The van der Waals surface area contributed by atoms with Crippen LogP contribution in [0.2, 0.25) is 0 Å². The molecule has 1 aliphatic rings. The minimum Gasteiger partial charge on any atom is -0.481 e. The average Bonchev–Trinajstić information content (AvgIpc) is 2.77. The van der Waals surface area contributed by atoms with Crippen LogP contribution in [0.5, 0.6) is 0 Å². The van der Waals surface area contributed by atoms with Crippen molar-refractivity contribution < 1.29 is 23.1 Å². The van der Waals surface area contributed by atoms with Crippen LogP contribution < -0.4 is 5.32 Å². The van der Waals surface area contributed by atoms with Crippen molar-refractivity contribution in [1.29, 1.82) is 0 Å². The molecule has 0 aromatic heterocycles. The summed E-state index contributed by atoms with van der Waals surface area (Å²) in [6.45, 7) is 0.0492. The van der Waals surface area contributed by atoms with Crippen LogP contribution in [0, 0.1) is 11.8 Å². The number of nitrogens with zero attached hydrogens (tertiary/aromatic N) is 1. The van der Waals surface area contributed by atoms with Gasteiger partial charge in [0.15, 0.2) is 0 Å². The van der Waals surface area contributed by atoms with Crippen LogP contribution in [0.1, 0.15) is 19.3 Å². The summed E-state index contributed by atoms with van der Waals surface area (Å²) < 4.78 is 24.0. The second kappa shape index (κ2) is 6.33. The molecule has 0 saturated heterocycles. The number of aliphatic carboxylic acids is 1. The van der Waals surface area contributed by atoms with Gasteiger partial charge in [-0.25, -0.2) is 12.7 Å². The van der Waals surface area contributed by atoms with Gasteiger partial charge in [-0.2, -0.15) is 0 Å². The Labute approximate surface area is 113 Å². The monoisotopic (exact) mass is 292 g/mol. The van der Waals surface area contributed by atoms with Gasteiger partial charge >= 0.3 is 5.97 Å². The zero-order chi connectivity index (χ0) is 14.6. The Morgan fingerprint density at radius 2 is 1.84 bits per heavy atom. The molecule has 0 aromatic rings. The molecule has 1 aliphatic carbocycles. The molecule has 1 rings (SSSR count). The number of sulfonamides is 1. The molecule has 19 heavy (non-hydrogen) atoms. The van der Waals surface area contributed by atoms with Crippen LogP contribution in [-0.4, -0.2) is 56.1 Å². The number of rotatable bonds is 6. The van der Waals surface area contributed by atoms with Gasteiger partial charge in [0.1, 0.15) is 0 Å². The molecule has 0 bridgehead atoms. The Kier molecular flexibility index (Phi) is 5.30. The van der Waals surface area contributed by atoms with Crippen molar-refractivity contribution >= 4 is 21.9 Å². The molecule has 2 atom stereocenters. The van der Waals surface area contributed by atoms with Crippen molar-refractivity contribution in [3.05, 3.63) is 0 Å². The lowest BCUT2D eigenvalue weighted by Gasteiger charge is -2.13. The predicted molar refractivity (Wildman–Crippen MR) is 69.0 cm³/mol. The van der Waals surface area contributed by atoms with Crippen molar-refractivity contribution in [2.24, 2.45) is 11.8 Å². The molecule has 0 radical (unpaired) electrons. The fraction of sp³-hybridized carbons (Fsp3) is 0.818. The predicted octanol–water partition coefficient (Wildman–Crippen LogP) is -0.505. The number of carbonyl (C=O) groups excluding carboxylic acids is 1. The van der Waals surface area contributed by atoms with E-state index in [1.807, 2.05) is 0 Å². The summed E-state index contributed by atoms with van der Waals surface area (Å²) in [6.07, 6.45) is 1.38.